The number of hydrogen-bond acceptors (Lipinski definition) is 5. The average molecular weight is 288 g/mol. The number of imide groups is 1. The second-order valence-corrected chi connectivity index (χ2v) is 4.73. The highest BCUT2D eigenvalue weighted by Gasteiger charge is 2.17. The molecule has 0 bridgehead atoms. The van der Waals surface area contributed by atoms with Crippen molar-refractivity contribution in [1.82, 2.24) is 10.6 Å². The van der Waals surface area contributed by atoms with Crippen LogP contribution in [0.1, 0.15) is 19.8 Å². The van der Waals surface area contributed by atoms with E-state index in [2.05, 4.69) is 10.6 Å². The van der Waals surface area contributed by atoms with Gasteiger partial charge in [0.25, 0.3) is 0 Å². The van der Waals surface area contributed by atoms with Gasteiger partial charge in [-0.05, 0) is 5.92 Å². The lowest BCUT2D eigenvalue weighted by Crippen LogP contribution is -2.45. The molecule has 1 heterocycles. The average Bonchev–Trinajstić information content (AvgIpc) is 2.36. The van der Waals surface area contributed by atoms with Crippen molar-refractivity contribution >= 4 is 17.9 Å². The third-order valence-corrected chi connectivity index (χ3v) is 2.69. The Labute approximate surface area is 116 Å². The minimum atomic E-state index is -0.968. The number of carbonyl (C=O) groups excluding carboxylic acids is 2. The summed E-state index contributed by atoms with van der Waals surface area (Å²) in [5.41, 5.74) is 0. The largest absolute Gasteiger partial charge is 0.481 e. The Morgan fingerprint density at radius 2 is 2.05 bits per heavy atom. The van der Waals surface area contributed by atoms with Crippen LogP contribution in [0, 0.1) is 5.92 Å². The molecule has 2 unspecified atom stereocenters. The molecule has 0 spiro atoms. The zero-order valence-corrected chi connectivity index (χ0v) is 11.4. The maximum atomic E-state index is 11.5. The van der Waals surface area contributed by atoms with Crippen molar-refractivity contribution in [1.29, 1.82) is 0 Å². The Bertz CT molecular complexity index is 354. The van der Waals surface area contributed by atoms with Gasteiger partial charge in [-0.3, -0.25) is 14.9 Å². The van der Waals surface area contributed by atoms with E-state index in [-0.39, 0.29) is 31.4 Å². The summed E-state index contributed by atoms with van der Waals surface area (Å²) in [6.07, 6.45) is -0.332. The molecular weight excluding hydrogens is 268 g/mol. The fourth-order valence-corrected chi connectivity index (χ4v) is 1.77. The van der Waals surface area contributed by atoms with Crippen molar-refractivity contribution in [3.63, 3.8) is 0 Å². The molecule has 0 aromatic rings. The molecule has 3 amide bonds. The van der Waals surface area contributed by atoms with Gasteiger partial charge in [0.05, 0.1) is 25.9 Å². The normalized spacial score (nSPS) is 19.9. The van der Waals surface area contributed by atoms with E-state index in [1.54, 1.807) is 6.92 Å². The van der Waals surface area contributed by atoms with Gasteiger partial charge in [0, 0.05) is 19.4 Å². The Morgan fingerprint density at radius 3 is 2.65 bits per heavy atom. The van der Waals surface area contributed by atoms with Crippen molar-refractivity contribution in [2.45, 2.75) is 25.9 Å². The maximum Gasteiger partial charge on any atom is 0.321 e. The number of carbonyl (C=O) groups is 3. The lowest BCUT2D eigenvalue weighted by molar-refractivity contribution is -0.138. The van der Waals surface area contributed by atoms with Crippen molar-refractivity contribution in [3.8, 4) is 0 Å². The van der Waals surface area contributed by atoms with Gasteiger partial charge in [0.2, 0.25) is 5.91 Å². The summed E-state index contributed by atoms with van der Waals surface area (Å²) in [5, 5.41) is 13.2. The Morgan fingerprint density at radius 1 is 1.30 bits per heavy atom. The first-order chi connectivity index (χ1) is 9.47. The number of hydrogen-bond donors (Lipinski definition) is 3. The second-order valence-electron chi connectivity index (χ2n) is 4.73. The van der Waals surface area contributed by atoms with E-state index in [0.29, 0.717) is 19.8 Å². The molecule has 20 heavy (non-hydrogen) atoms. The Balaban J connectivity index is 2.17. The summed E-state index contributed by atoms with van der Waals surface area (Å²) in [4.78, 5) is 33.4. The molecule has 3 N–H and O–H groups in total. The number of amides is 3. The highest BCUT2D eigenvalue weighted by Crippen LogP contribution is 2.06. The van der Waals surface area contributed by atoms with Crippen LogP contribution < -0.4 is 10.6 Å². The van der Waals surface area contributed by atoms with E-state index in [1.165, 1.54) is 0 Å². The summed E-state index contributed by atoms with van der Waals surface area (Å²) < 4.78 is 10.5. The topological polar surface area (TPSA) is 114 Å². The lowest BCUT2D eigenvalue weighted by Gasteiger charge is -2.23. The first kappa shape index (κ1) is 16.4. The monoisotopic (exact) mass is 288 g/mol. The molecule has 0 aromatic heterocycles. The van der Waals surface area contributed by atoms with E-state index >= 15 is 0 Å². The van der Waals surface area contributed by atoms with Crippen LogP contribution in [0.4, 0.5) is 4.79 Å². The van der Waals surface area contributed by atoms with E-state index in [4.69, 9.17) is 14.6 Å². The number of nitrogens with one attached hydrogen (secondary N) is 2. The molecule has 0 radical (unpaired) electrons. The van der Waals surface area contributed by atoms with E-state index in [1.807, 2.05) is 0 Å². The Kier molecular flexibility index (Phi) is 6.96. The molecule has 0 aliphatic carbocycles. The van der Waals surface area contributed by atoms with Crippen molar-refractivity contribution in [2.24, 2.45) is 5.92 Å². The van der Waals surface area contributed by atoms with E-state index in [0.717, 1.165) is 0 Å². The molecule has 8 heteroatoms. The van der Waals surface area contributed by atoms with Gasteiger partial charge < -0.3 is 19.9 Å². The summed E-state index contributed by atoms with van der Waals surface area (Å²) in [7, 11) is 0. The van der Waals surface area contributed by atoms with E-state index in [9.17, 15) is 14.4 Å². The summed E-state index contributed by atoms with van der Waals surface area (Å²) in [5.74, 6) is -1.79. The third-order valence-electron chi connectivity index (χ3n) is 2.69. The fourth-order valence-electron chi connectivity index (χ4n) is 1.77. The highest BCUT2D eigenvalue weighted by molar-refractivity contribution is 5.94. The quantitative estimate of drug-likeness (QED) is 0.620. The fraction of sp³-hybridized carbons (Fsp3) is 0.750. The first-order valence-corrected chi connectivity index (χ1v) is 6.46. The van der Waals surface area contributed by atoms with Gasteiger partial charge in [-0.15, -0.1) is 0 Å². The highest BCUT2D eigenvalue weighted by atomic mass is 16.6. The SMILES string of the molecule is CC(CC(=O)O)CC(=O)NC(=O)NCC1COCCO1. The standard InChI is InChI=1S/C12H20N2O6/c1-8(5-11(16)17)4-10(15)14-12(18)13-6-9-7-19-2-3-20-9/h8-9H,2-7H2,1H3,(H,16,17)(H2,13,14,15,18). The zero-order chi connectivity index (χ0) is 15.0. The molecule has 0 saturated carbocycles. The number of urea groups is 1. The lowest BCUT2D eigenvalue weighted by atomic mass is 10.0. The van der Waals surface area contributed by atoms with Crippen molar-refractivity contribution in [2.75, 3.05) is 26.4 Å². The molecule has 1 aliphatic heterocycles. The molecule has 2 atom stereocenters. The number of rotatable bonds is 6. The predicted octanol–water partition coefficient (Wildman–Crippen LogP) is -0.271. The van der Waals surface area contributed by atoms with Crippen LogP contribution in [0.15, 0.2) is 0 Å². The number of carboxylic acids is 1. The maximum absolute atomic E-state index is 11.5. The van der Waals surface area contributed by atoms with Gasteiger partial charge in [0.1, 0.15) is 0 Å². The van der Waals surface area contributed by atoms with Crippen LogP contribution in [0.2, 0.25) is 0 Å². The first-order valence-electron chi connectivity index (χ1n) is 6.46. The van der Waals surface area contributed by atoms with Gasteiger partial charge in [0.15, 0.2) is 0 Å². The van der Waals surface area contributed by atoms with Crippen LogP contribution in [0.5, 0.6) is 0 Å². The second kappa shape index (κ2) is 8.49. The summed E-state index contributed by atoms with van der Waals surface area (Å²) in [6, 6.07) is -0.619. The zero-order valence-electron chi connectivity index (χ0n) is 11.4. The van der Waals surface area contributed by atoms with Crippen LogP contribution in [-0.2, 0) is 19.1 Å². The molecule has 1 saturated heterocycles. The van der Waals surface area contributed by atoms with Crippen LogP contribution in [-0.4, -0.2) is 55.5 Å². The molecule has 114 valence electrons. The van der Waals surface area contributed by atoms with Crippen LogP contribution >= 0.6 is 0 Å². The van der Waals surface area contributed by atoms with Crippen molar-refractivity contribution in [3.05, 3.63) is 0 Å². The third kappa shape index (κ3) is 7.05. The summed E-state index contributed by atoms with van der Waals surface area (Å²) >= 11 is 0. The molecule has 8 nitrogen and oxygen atoms in total. The summed E-state index contributed by atoms with van der Waals surface area (Å²) in [6.45, 7) is 3.33. The minimum Gasteiger partial charge on any atom is -0.481 e. The minimum absolute atomic E-state index is 0.0112. The number of aliphatic carboxylic acids is 1. The number of carboxylic acid groups (broad SMARTS) is 1. The predicted molar refractivity (Wildman–Crippen MR) is 68.1 cm³/mol. The molecule has 1 fully saturated rings. The molecule has 0 aromatic carbocycles. The molecular formula is C12H20N2O6. The van der Waals surface area contributed by atoms with Gasteiger partial charge in [-0.1, -0.05) is 6.92 Å². The number of ether oxygens (including phenoxy) is 2. The Hall–Kier alpha value is -1.67. The van der Waals surface area contributed by atoms with Crippen LogP contribution in [0.25, 0.3) is 0 Å². The molecule has 1 rings (SSSR count). The smallest absolute Gasteiger partial charge is 0.321 e. The van der Waals surface area contributed by atoms with E-state index < -0.39 is 17.9 Å². The van der Waals surface area contributed by atoms with Crippen LogP contribution in [0.3, 0.4) is 0 Å². The van der Waals surface area contributed by atoms with Gasteiger partial charge >= 0.3 is 12.0 Å². The van der Waals surface area contributed by atoms with Crippen molar-refractivity contribution < 1.29 is 29.0 Å². The van der Waals surface area contributed by atoms with Gasteiger partial charge in [-0.2, -0.15) is 0 Å². The molecule has 1 aliphatic rings. The van der Waals surface area contributed by atoms with Gasteiger partial charge in [-0.25, -0.2) is 4.79 Å².